The molecule has 0 saturated carbocycles. The summed E-state index contributed by atoms with van der Waals surface area (Å²) < 4.78 is 35.7. The van der Waals surface area contributed by atoms with Crippen LogP contribution >= 0.6 is 0 Å². The lowest BCUT2D eigenvalue weighted by Crippen LogP contribution is -2.43. The molecule has 0 radical (unpaired) electrons. The largest absolute Gasteiger partial charge is 0.497 e. The quantitative estimate of drug-likeness (QED) is 0.798. The molecule has 0 spiro atoms. The van der Waals surface area contributed by atoms with Crippen LogP contribution in [0.2, 0.25) is 0 Å². The first-order valence-corrected chi connectivity index (χ1v) is 11.2. The Bertz CT molecular complexity index is 915. The Morgan fingerprint density at radius 3 is 2.14 bits per heavy atom. The maximum Gasteiger partial charge on any atom is 0.175 e. The molecule has 1 aliphatic heterocycles. The molecule has 1 aliphatic rings. The van der Waals surface area contributed by atoms with E-state index in [1.807, 2.05) is 37.3 Å². The third-order valence-corrected chi connectivity index (χ3v) is 6.39. The molecule has 6 nitrogen and oxygen atoms in total. The highest BCUT2D eigenvalue weighted by atomic mass is 32.2. The van der Waals surface area contributed by atoms with E-state index in [0.717, 1.165) is 43.0 Å². The third kappa shape index (κ3) is 4.42. The van der Waals surface area contributed by atoms with E-state index in [1.54, 1.807) is 20.3 Å². The van der Waals surface area contributed by atoms with Crippen molar-refractivity contribution in [1.82, 2.24) is 5.32 Å². The number of nitrogens with one attached hydrogen (secondary N) is 1. The van der Waals surface area contributed by atoms with Gasteiger partial charge in [0.25, 0.3) is 0 Å². The van der Waals surface area contributed by atoms with Crippen molar-refractivity contribution >= 4 is 15.5 Å². The number of piperazine rings is 1. The zero-order valence-corrected chi connectivity index (χ0v) is 17.7. The molecule has 2 aromatic rings. The Hall–Kier alpha value is -2.25. The summed E-state index contributed by atoms with van der Waals surface area (Å²) in [5.41, 5.74) is 2.78. The fraction of sp³-hybridized carbons (Fsp3) is 0.429. The predicted octanol–water partition coefficient (Wildman–Crippen LogP) is 2.67. The van der Waals surface area contributed by atoms with Crippen molar-refractivity contribution in [3.8, 4) is 11.5 Å². The first kappa shape index (κ1) is 20.5. The van der Waals surface area contributed by atoms with Crippen molar-refractivity contribution in [3.63, 3.8) is 0 Å². The molecule has 28 heavy (non-hydrogen) atoms. The van der Waals surface area contributed by atoms with Gasteiger partial charge in [-0.3, -0.25) is 0 Å². The Labute approximate surface area is 167 Å². The molecular weight excluding hydrogens is 376 g/mol. The standard InChI is InChI=1S/C21H28N2O4S/c1-15(16-11-18(26-2)14-19(12-16)27-3)20-13-17(23-9-7-22-8-10-23)5-6-21(20)28(4,24)25/h5-6,11-15,22H,7-10H2,1-4H3. The van der Waals surface area contributed by atoms with E-state index in [1.165, 1.54) is 6.26 Å². The van der Waals surface area contributed by atoms with Crippen molar-refractivity contribution in [2.24, 2.45) is 0 Å². The van der Waals surface area contributed by atoms with Gasteiger partial charge in [0, 0.05) is 50.1 Å². The molecule has 1 N–H and O–H groups in total. The number of hydrogen-bond donors (Lipinski definition) is 1. The maximum atomic E-state index is 12.5. The average Bonchev–Trinajstić information content (AvgIpc) is 2.72. The summed E-state index contributed by atoms with van der Waals surface area (Å²) in [6.07, 6.45) is 1.26. The second-order valence-corrected chi connectivity index (χ2v) is 9.08. The number of hydrogen-bond acceptors (Lipinski definition) is 6. The number of nitrogens with zero attached hydrogens (tertiary/aromatic N) is 1. The first-order chi connectivity index (χ1) is 13.3. The van der Waals surface area contributed by atoms with Crippen LogP contribution in [0.3, 0.4) is 0 Å². The summed E-state index contributed by atoms with van der Waals surface area (Å²) >= 11 is 0. The lowest BCUT2D eigenvalue weighted by molar-refractivity contribution is 0.393. The van der Waals surface area contributed by atoms with Crippen LogP contribution in [0.5, 0.6) is 11.5 Å². The lowest BCUT2D eigenvalue weighted by Gasteiger charge is -2.30. The molecule has 0 aliphatic carbocycles. The molecule has 0 aromatic heterocycles. The Balaban J connectivity index is 2.09. The van der Waals surface area contributed by atoms with Gasteiger partial charge in [0.1, 0.15) is 11.5 Å². The highest BCUT2D eigenvalue weighted by Gasteiger charge is 2.22. The average molecular weight is 405 g/mol. The highest BCUT2D eigenvalue weighted by molar-refractivity contribution is 7.90. The van der Waals surface area contributed by atoms with Crippen molar-refractivity contribution in [1.29, 1.82) is 0 Å². The van der Waals surface area contributed by atoms with Crippen molar-refractivity contribution in [2.75, 3.05) is 51.6 Å². The summed E-state index contributed by atoms with van der Waals surface area (Å²) in [5, 5.41) is 3.34. The summed E-state index contributed by atoms with van der Waals surface area (Å²) in [5.74, 6) is 1.22. The summed E-state index contributed by atoms with van der Waals surface area (Å²) in [6, 6.07) is 11.3. The summed E-state index contributed by atoms with van der Waals surface area (Å²) in [4.78, 5) is 2.64. The van der Waals surface area contributed by atoms with E-state index in [0.29, 0.717) is 16.4 Å². The number of benzene rings is 2. The number of sulfone groups is 1. The van der Waals surface area contributed by atoms with Crippen LogP contribution in [0.4, 0.5) is 5.69 Å². The van der Waals surface area contributed by atoms with Gasteiger partial charge in [0.15, 0.2) is 9.84 Å². The SMILES string of the molecule is COc1cc(OC)cc(C(C)c2cc(N3CCNCC3)ccc2S(C)(=O)=O)c1. The minimum atomic E-state index is -3.36. The fourth-order valence-electron chi connectivity index (χ4n) is 3.59. The molecule has 7 heteroatoms. The van der Waals surface area contributed by atoms with Gasteiger partial charge >= 0.3 is 0 Å². The van der Waals surface area contributed by atoms with E-state index >= 15 is 0 Å². The molecule has 152 valence electrons. The number of anilines is 1. The topological polar surface area (TPSA) is 67.9 Å². The van der Waals surface area contributed by atoms with Crippen LogP contribution < -0.4 is 19.7 Å². The maximum absolute atomic E-state index is 12.5. The smallest absolute Gasteiger partial charge is 0.175 e. The minimum absolute atomic E-state index is 0.142. The molecule has 1 heterocycles. The Morgan fingerprint density at radius 2 is 1.61 bits per heavy atom. The fourth-order valence-corrected chi connectivity index (χ4v) is 4.57. The van der Waals surface area contributed by atoms with E-state index in [4.69, 9.17) is 9.47 Å². The normalized spacial score (nSPS) is 15.9. The Kier molecular flexibility index (Phi) is 6.15. The van der Waals surface area contributed by atoms with Gasteiger partial charge < -0.3 is 19.7 Å². The van der Waals surface area contributed by atoms with Gasteiger partial charge in [-0.15, -0.1) is 0 Å². The predicted molar refractivity (Wildman–Crippen MR) is 112 cm³/mol. The molecule has 3 rings (SSSR count). The van der Waals surface area contributed by atoms with Crippen LogP contribution in [-0.2, 0) is 9.84 Å². The van der Waals surface area contributed by atoms with Crippen LogP contribution in [0, 0.1) is 0 Å². The van der Waals surface area contributed by atoms with Crippen LogP contribution in [0.25, 0.3) is 0 Å². The number of ether oxygens (including phenoxy) is 2. The molecule has 1 unspecified atom stereocenters. The Morgan fingerprint density at radius 1 is 1.00 bits per heavy atom. The van der Waals surface area contributed by atoms with E-state index in [2.05, 4.69) is 10.2 Å². The summed E-state index contributed by atoms with van der Waals surface area (Å²) in [7, 11) is -0.144. The molecule has 1 atom stereocenters. The van der Waals surface area contributed by atoms with Gasteiger partial charge in [-0.1, -0.05) is 6.92 Å². The van der Waals surface area contributed by atoms with Crippen molar-refractivity contribution in [3.05, 3.63) is 47.5 Å². The van der Waals surface area contributed by atoms with E-state index < -0.39 is 9.84 Å². The molecule has 1 fully saturated rings. The second kappa shape index (κ2) is 8.41. The minimum Gasteiger partial charge on any atom is -0.497 e. The van der Waals surface area contributed by atoms with Gasteiger partial charge in [0.2, 0.25) is 0 Å². The van der Waals surface area contributed by atoms with Crippen molar-refractivity contribution in [2.45, 2.75) is 17.7 Å². The first-order valence-electron chi connectivity index (χ1n) is 9.36. The third-order valence-electron chi connectivity index (χ3n) is 5.22. The molecule has 0 amide bonds. The summed E-state index contributed by atoms with van der Waals surface area (Å²) in [6.45, 7) is 5.66. The van der Waals surface area contributed by atoms with Gasteiger partial charge in [-0.05, 0) is 41.5 Å². The zero-order valence-electron chi connectivity index (χ0n) is 16.9. The van der Waals surface area contributed by atoms with Crippen LogP contribution in [0.1, 0.15) is 24.0 Å². The zero-order chi connectivity index (χ0) is 20.3. The molecular formula is C21H28N2O4S. The molecule has 2 aromatic carbocycles. The van der Waals surface area contributed by atoms with E-state index in [9.17, 15) is 8.42 Å². The van der Waals surface area contributed by atoms with Crippen LogP contribution in [-0.4, -0.2) is 55.1 Å². The van der Waals surface area contributed by atoms with Gasteiger partial charge in [-0.25, -0.2) is 8.42 Å². The lowest BCUT2D eigenvalue weighted by atomic mass is 9.92. The van der Waals surface area contributed by atoms with E-state index in [-0.39, 0.29) is 5.92 Å². The van der Waals surface area contributed by atoms with Crippen molar-refractivity contribution < 1.29 is 17.9 Å². The van der Waals surface area contributed by atoms with Crippen LogP contribution in [0.15, 0.2) is 41.3 Å². The molecule has 1 saturated heterocycles. The highest BCUT2D eigenvalue weighted by Crippen LogP contribution is 2.36. The molecule has 0 bridgehead atoms. The number of methoxy groups -OCH3 is 2. The second-order valence-electron chi connectivity index (χ2n) is 7.10. The monoisotopic (exact) mass is 404 g/mol. The van der Waals surface area contributed by atoms with Gasteiger partial charge in [-0.2, -0.15) is 0 Å². The van der Waals surface area contributed by atoms with Gasteiger partial charge in [0.05, 0.1) is 19.1 Å². The number of rotatable bonds is 6.